The number of benzene rings is 1. The Morgan fingerprint density at radius 1 is 1.36 bits per heavy atom. The smallest absolute Gasteiger partial charge is 0.0581 e. The van der Waals surface area contributed by atoms with Crippen LogP contribution in [0.5, 0.6) is 0 Å². The Labute approximate surface area is 89.9 Å². The van der Waals surface area contributed by atoms with E-state index in [0.29, 0.717) is 0 Å². The quantitative estimate of drug-likeness (QED) is 0.783. The molecule has 14 heavy (non-hydrogen) atoms. The van der Waals surface area contributed by atoms with Gasteiger partial charge in [-0.05, 0) is 37.6 Å². The van der Waals surface area contributed by atoms with Crippen LogP contribution in [0.4, 0.5) is 0 Å². The van der Waals surface area contributed by atoms with Gasteiger partial charge in [0.25, 0.3) is 0 Å². The van der Waals surface area contributed by atoms with E-state index >= 15 is 0 Å². The summed E-state index contributed by atoms with van der Waals surface area (Å²) in [6, 6.07) is 8.00. The van der Waals surface area contributed by atoms with Crippen molar-refractivity contribution in [3.63, 3.8) is 0 Å². The Bertz CT molecular complexity index is 260. The van der Waals surface area contributed by atoms with Gasteiger partial charge in [-0.2, -0.15) is 0 Å². The molecule has 0 saturated heterocycles. The first kappa shape index (κ1) is 11.5. The molecular weight excluding hydrogens is 198 g/mol. The molecule has 0 aliphatic rings. The summed E-state index contributed by atoms with van der Waals surface area (Å²) in [4.78, 5) is 0. The van der Waals surface area contributed by atoms with Crippen molar-refractivity contribution in [1.82, 2.24) is 5.32 Å². The number of hydrogen-bond donors (Lipinski definition) is 2. The van der Waals surface area contributed by atoms with Crippen molar-refractivity contribution in [2.45, 2.75) is 19.4 Å². The molecule has 1 unspecified atom stereocenters. The molecule has 2 N–H and O–H groups in total. The Kier molecular flexibility index (Phi) is 4.94. The summed E-state index contributed by atoms with van der Waals surface area (Å²) in [7, 11) is 0. The average Bonchev–Trinajstić information content (AvgIpc) is 2.21. The number of aliphatic hydroxyl groups excluding tert-OH is 1. The molecule has 1 atom stereocenters. The van der Waals surface area contributed by atoms with Crippen LogP contribution in [0.25, 0.3) is 0 Å². The topological polar surface area (TPSA) is 32.3 Å². The summed E-state index contributed by atoms with van der Waals surface area (Å²) < 4.78 is 0. The van der Waals surface area contributed by atoms with Crippen LogP contribution in [0.3, 0.4) is 0 Å². The SMILES string of the molecule is CC(CO)NCCc1ccc(Cl)cc1. The summed E-state index contributed by atoms with van der Waals surface area (Å²) in [5.41, 5.74) is 1.26. The summed E-state index contributed by atoms with van der Waals surface area (Å²) in [5, 5.41) is 12.8. The average molecular weight is 214 g/mol. The van der Waals surface area contributed by atoms with E-state index in [0.717, 1.165) is 18.0 Å². The number of nitrogens with one attached hydrogen (secondary N) is 1. The zero-order valence-electron chi connectivity index (χ0n) is 8.33. The van der Waals surface area contributed by atoms with Crippen molar-refractivity contribution in [3.8, 4) is 0 Å². The molecule has 0 radical (unpaired) electrons. The molecule has 0 spiro atoms. The molecule has 0 aliphatic carbocycles. The molecule has 78 valence electrons. The van der Waals surface area contributed by atoms with Gasteiger partial charge in [0.05, 0.1) is 6.61 Å². The van der Waals surface area contributed by atoms with E-state index in [1.165, 1.54) is 5.56 Å². The zero-order chi connectivity index (χ0) is 10.4. The highest BCUT2D eigenvalue weighted by atomic mass is 35.5. The third-order valence-electron chi connectivity index (χ3n) is 2.09. The second-order valence-electron chi connectivity index (χ2n) is 3.41. The van der Waals surface area contributed by atoms with E-state index in [4.69, 9.17) is 16.7 Å². The Morgan fingerprint density at radius 2 is 2.00 bits per heavy atom. The van der Waals surface area contributed by atoms with Gasteiger partial charge >= 0.3 is 0 Å². The van der Waals surface area contributed by atoms with Crippen LogP contribution in [0.1, 0.15) is 12.5 Å². The molecule has 0 fully saturated rings. The Balaban J connectivity index is 2.28. The zero-order valence-corrected chi connectivity index (χ0v) is 9.09. The molecule has 3 heteroatoms. The van der Waals surface area contributed by atoms with Crippen molar-refractivity contribution >= 4 is 11.6 Å². The highest BCUT2D eigenvalue weighted by molar-refractivity contribution is 6.30. The van der Waals surface area contributed by atoms with E-state index in [9.17, 15) is 0 Å². The molecule has 2 nitrogen and oxygen atoms in total. The van der Waals surface area contributed by atoms with Crippen LogP contribution >= 0.6 is 11.6 Å². The summed E-state index contributed by atoms with van der Waals surface area (Å²) in [6.07, 6.45) is 0.960. The predicted molar refractivity (Wildman–Crippen MR) is 59.7 cm³/mol. The largest absolute Gasteiger partial charge is 0.395 e. The maximum atomic E-state index is 8.79. The minimum Gasteiger partial charge on any atom is -0.395 e. The lowest BCUT2D eigenvalue weighted by Crippen LogP contribution is -2.30. The van der Waals surface area contributed by atoms with E-state index in [-0.39, 0.29) is 12.6 Å². The molecule has 0 aliphatic heterocycles. The first-order valence-corrected chi connectivity index (χ1v) is 5.19. The molecule has 0 heterocycles. The lowest BCUT2D eigenvalue weighted by atomic mass is 10.1. The Morgan fingerprint density at radius 3 is 2.57 bits per heavy atom. The van der Waals surface area contributed by atoms with Gasteiger partial charge < -0.3 is 10.4 Å². The minimum atomic E-state index is 0.169. The van der Waals surface area contributed by atoms with Gasteiger partial charge in [-0.3, -0.25) is 0 Å². The molecule has 0 bridgehead atoms. The molecule has 1 aromatic carbocycles. The molecule has 1 aromatic rings. The fourth-order valence-electron chi connectivity index (χ4n) is 1.18. The highest BCUT2D eigenvalue weighted by Gasteiger charge is 1.98. The van der Waals surface area contributed by atoms with E-state index in [2.05, 4.69) is 5.32 Å². The molecule has 0 saturated carbocycles. The number of aliphatic hydroxyl groups is 1. The molecule has 0 amide bonds. The van der Waals surface area contributed by atoms with Crippen molar-refractivity contribution in [3.05, 3.63) is 34.9 Å². The van der Waals surface area contributed by atoms with Crippen LogP contribution in [0, 0.1) is 0 Å². The predicted octanol–water partition coefficient (Wildman–Crippen LogP) is 1.85. The number of hydrogen-bond acceptors (Lipinski definition) is 2. The normalized spacial score (nSPS) is 12.8. The lowest BCUT2D eigenvalue weighted by molar-refractivity contribution is 0.252. The monoisotopic (exact) mass is 213 g/mol. The maximum Gasteiger partial charge on any atom is 0.0581 e. The Hall–Kier alpha value is -0.570. The van der Waals surface area contributed by atoms with Crippen LogP contribution in [0.15, 0.2) is 24.3 Å². The van der Waals surface area contributed by atoms with Crippen molar-refractivity contribution < 1.29 is 5.11 Å². The molecular formula is C11H16ClNO. The van der Waals surface area contributed by atoms with Crippen LogP contribution in [-0.2, 0) is 6.42 Å². The summed E-state index contributed by atoms with van der Waals surface area (Å²) in [5.74, 6) is 0. The summed E-state index contributed by atoms with van der Waals surface area (Å²) >= 11 is 5.77. The molecule has 1 rings (SSSR count). The van der Waals surface area contributed by atoms with Crippen molar-refractivity contribution in [1.29, 1.82) is 0 Å². The first-order valence-electron chi connectivity index (χ1n) is 4.81. The van der Waals surface area contributed by atoms with E-state index in [1.54, 1.807) is 0 Å². The second kappa shape index (κ2) is 6.02. The van der Waals surface area contributed by atoms with Crippen LogP contribution < -0.4 is 5.32 Å². The van der Waals surface area contributed by atoms with Gasteiger partial charge in [-0.25, -0.2) is 0 Å². The highest BCUT2D eigenvalue weighted by Crippen LogP contribution is 2.09. The third-order valence-corrected chi connectivity index (χ3v) is 2.35. The maximum absolute atomic E-state index is 8.79. The standard InChI is InChI=1S/C11H16ClNO/c1-9(8-14)13-7-6-10-2-4-11(12)5-3-10/h2-5,9,13-14H,6-8H2,1H3. The van der Waals surface area contributed by atoms with Crippen LogP contribution in [0.2, 0.25) is 5.02 Å². The minimum absolute atomic E-state index is 0.169. The van der Waals surface area contributed by atoms with Crippen molar-refractivity contribution in [2.75, 3.05) is 13.2 Å². The van der Waals surface area contributed by atoms with Crippen molar-refractivity contribution in [2.24, 2.45) is 0 Å². The fourth-order valence-corrected chi connectivity index (χ4v) is 1.30. The van der Waals surface area contributed by atoms with Gasteiger partial charge in [-0.15, -0.1) is 0 Å². The number of rotatable bonds is 5. The lowest BCUT2D eigenvalue weighted by Gasteiger charge is -2.10. The summed E-state index contributed by atoms with van der Waals surface area (Å²) in [6.45, 7) is 3.02. The first-order chi connectivity index (χ1) is 6.72. The van der Waals surface area contributed by atoms with Gasteiger partial charge in [-0.1, -0.05) is 23.7 Å². The van der Waals surface area contributed by atoms with E-state index in [1.807, 2.05) is 31.2 Å². The van der Waals surface area contributed by atoms with Gasteiger partial charge in [0.15, 0.2) is 0 Å². The van der Waals surface area contributed by atoms with Gasteiger partial charge in [0.2, 0.25) is 0 Å². The number of halogens is 1. The third kappa shape index (κ3) is 4.09. The fraction of sp³-hybridized carbons (Fsp3) is 0.455. The van der Waals surface area contributed by atoms with Gasteiger partial charge in [0.1, 0.15) is 0 Å². The molecule has 0 aromatic heterocycles. The van der Waals surface area contributed by atoms with Gasteiger partial charge in [0, 0.05) is 11.1 Å². The van der Waals surface area contributed by atoms with Crippen LogP contribution in [-0.4, -0.2) is 24.3 Å². The second-order valence-corrected chi connectivity index (χ2v) is 3.85. The van der Waals surface area contributed by atoms with E-state index < -0.39 is 0 Å².